The molecule has 0 aliphatic carbocycles. The smallest absolute Gasteiger partial charge is 0.264 e. The Kier molecular flexibility index (Phi) is 6.65. The summed E-state index contributed by atoms with van der Waals surface area (Å²) in [4.78, 5) is 12.8. The maximum absolute atomic E-state index is 13.0. The van der Waals surface area contributed by atoms with Crippen molar-refractivity contribution in [1.29, 1.82) is 0 Å². The Morgan fingerprint density at radius 2 is 1.65 bits per heavy atom. The molecule has 0 aliphatic heterocycles. The zero-order valence-electron chi connectivity index (χ0n) is 18.0. The number of methoxy groups -OCH3 is 1. The van der Waals surface area contributed by atoms with Crippen LogP contribution in [0.3, 0.4) is 0 Å². The van der Waals surface area contributed by atoms with Crippen LogP contribution in [0.2, 0.25) is 0 Å². The van der Waals surface area contributed by atoms with E-state index in [1.807, 2.05) is 37.3 Å². The van der Waals surface area contributed by atoms with Crippen molar-refractivity contribution in [3.05, 3.63) is 89.5 Å². The molecule has 0 fully saturated rings. The van der Waals surface area contributed by atoms with Crippen molar-refractivity contribution in [2.24, 2.45) is 0 Å². The first-order chi connectivity index (χ1) is 14.7. The van der Waals surface area contributed by atoms with Crippen LogP contribution in [0.5, 0.6) is 5.75 Å². The van der Waals surface area contributed by atoms with Crippen LogP contribution >= 0.6 is 0 Å². The van der Waals surface area contributed by atoms with Gasteiger partial charge >= 0.3 is 0 Å². The molecule has 0 aliphatic rings. The van der Waals surface area contributed by atoms with E-state index in [9.17, 15) is 13.2 Å². The standard InChI is InChI=1S/C24H26N2O4S/c1-17-16-20(24(27)25-18(2)19-8-6-5-7-9-19)10-15-23(17)26(3)31(28,29)22-13-11-21(30-4)12-14-22/h5-16,18H,1-4H3,(H,25,27). The second-order valence-electron chi connectivity index (χ2n) is 7.26. The highest BCUT2D eigenvalue weighted by Crippen LogP contribution is 2.27. The minimum absolute atomic E-state index is 0.146. The van der Waals surface area contributed by atoms with Crippen LogP contribution in [0.4, 0.5) is 5.69 Å². The summed E-state index contributed by atoms with van der Waals surface area (Å²) in [7, 11) is -0.726. The molecule has 1 atom stereocenters. The lowest BCUT2D eigenvalue weighted by atomic mass is 10.1. The highest BCUT2D eigenvalue weighted by molar-refractivity contribution is 7.92. The summed E-state index contributed by atoms with van der Waals surface area (Å²) in [6, 6.07) is 20.8. The molecule has 0 saturated heterocycles. The Morgan fingerprint density at radius 1 is 1.00 bits per heavy atom. The number of hydrogen-bond donors (Lipinski definition) is 1. The summed E-state index contributed by atoms with van der Waals surface area (Å²) < 4.78 is 32.3. The molecule has 1 N–H and O–H groups in total. The van der Waals surface area contributed by atoms with Gasteiger partial charge in [-0.25, -0.2) is 8.42 Å². The first-order valence-electron chi connectivity index (χ1n) is 9.83. The molecular formula is C24H26N2O4S. The topological polar surface area (TPSA) is 75.7 Å². The molecule has 1 amide bonds. The Labute approximate surface area is 183 Å². The fraction of sp³-hybridized carbons (Fsp3) is 0.208. The number of nitrogens with one attached hydrogen (secondary N) is 1. The third-order valence-electron chi connectivity index (χ3n) is 5.16. The van der Waals surface area contributed by atoms with Gasteiger partial charge in [0.2, 0.25) is 0 Å². The van der Waals surface area contributed by atoms with Crippen molar-refractivity contribution in [1.82, 2.24) is 5.32 Å². The van der Waals surface area contributed by atoms with Gasteiger partial charge in [0.1, 0.15) is 5.75 Å². The number of carbonyl (C=O) groups excluding carboxylic acids is 1. The molecule has 0 aromatic heterocycles. The maximum Gasteiger partial charge on any atom is 0.264 e. The highest BCUT2D eigenvalue weighted by atomic mass is 32.2. The Hall–Kier alpha value is -3.32. The molecule has 3 aromatic rings. The molecule has 3 rings (SSSR count). The first kappa shape index (κ1) is 22.4. The van der Waals surface area contributed by atoms with Gasteiger partial charge in [0.25, 0.3) is 15.9 Å². The van der Waals surface area contributed by atoms with Crippen LogP contribution in [-0.2, 0) is 10.0 Å². The van der Waals surface area contributed by atoms with Crippen molar-refractivity contribution in [3.63, 3.8) is 0 Å². The average Bonchev–Trinajstić information content (AvgIpc) is 2.79. The van der Waals surface area contributed by atoms with Gasteiger partial charge in [-0.1, -0.05) is 30.3 Å². The largest absolute Gasteiger partial charge is 0.497 e. The quantitative estimate of drug-likeness (QED) is 0.596. The van der Waals surface area contributed by atoms with E-state index >= 15 is 0 Å². The second-order valence-corrected chi connectivity index (χ2v) is 9.22. The fourth-order valence-corrected chi connectivity index (χ4v) is 4.55. The summed E-state index contributed by atoms with van der Waals surface area (Å²) in [6.07, 6.45) is 0. The molecule has 0 spiro atoms. The summed E-state index contributed by atoms with van der Waals surface area (Å²) >= 11 is 0. The number of rotatable bonds is 7. The van der Waals surface area contributed by atoms with E-state index < -0.39 is 10.0 Å². The normalized spacial score (nSPS) is 12.1. The number of benzene rings is 3. The number of anilines is 1. The Bertz CT molecular complexity index is 1160. The van der Waals surface area contributed by atoms with Crippen molar-refractivity contribution in [2.75, 3.05) is 18.5 Å². The van der Waals surface area contributed by atoms with E-state index in [1.165, 1.54) is 30.6 Å². The number of carbonyl (C=O) groups is 1. The van der Waals surface area contributed by atoms with Crippen LogP contribution < -0.4 is 14.4 Å². The van der Waals surface area contributed by atoms with Gasteiger partial charge in [-0.15, -0.1) is 0 Å². The molecule has 31 heavy (non-hydrogen) atoms. The van der Waals surface area contributed by atoms with Gasteiger partial charge in [-0.2, -0.15) is 0 Å². The van der Waals surface area contributed by atoms with Crippen molar-refractivity contribution in [2.45, 2.75) is 24.8 Å². The number of ether oxygens (including phenoxy) is 1. The summed E-state index contributed by atoms with van der Waals surface area (Å²) in [5.41, 5.74) is 2.66. The van der Waals surface area contributed by atoms with Crippen LogP contribution in [-0.4, -0.2) is 28.5 Å². The van der Waals surface area contributed by atoms with Gasteiger partial charge in [-0.05, 0) is 67.4 Å². The Balaban J connectivity index is 1.80. The predicted molar refractivity (Wildman–Crippen MR) is 122 cm³/mol. The number of hydrogen-bond acceptors (Lipinski definition) is 4. The minimum Gasteiger partial charge on any atom is -0.497 e. The highest BCUT2D eigenvalue weighted by Gasteiger charge is 2.23. The summed E-state index contributed by atoms with van der Waals surface area (Å²) in [5, 5.41) is 2.97. The van der Waals surface area contributed by atoms with Crippen LogP contribution in [0.15, 0.2) is 77.7 Å². The van der Waals surface area contributed by atoms with Gasteiger partial charge in [0, 0.05) is 12.6 Å². The second kappa shape index (κ2) is 9.22. The van der Waals surface area contributed by atoms with E-state index in [2.05, 4.69) is 5.32 Å². The molecule has 0 heterocycles. The van der Waals surface area contributed by atoms with Crippen molar-refractivity contribution in [3.8, 4) is 5.75 Å². The van der Waals surface area contributed by atoms with Gasteiger partial charge in [0.05, 0.1) is 23.7 Å². The van der Waals surface area contributed by atoms with E-state index in [-0.39, 0.29) is 16.8 Å². The van der Waals surface area contributed by atoms with E-state index in [4.69, 9.17) is 4.74 Å². The van der Waals surface area contributed by atoms with E-state index in [0.717, 1.165) is 5.56 Å². The predicted octanol–water partition coefficient (Wildman–Crippen LogP) is 4.32. The molecular weight excluding hydrogens is 412 g/mol. The fourth-order valence-electron chi connectivity index (χ4n) is 3.29. The Morgan fingerprint density at radius 3 is 2.23 bits per heavy atom. The first-order valence-corrected chi connectivity index (χ1v) is 11.3. The lowest BCUT2D eigenvalue weighted by Crippen LogP contribution is -2.28. The summed E-state index contributed by atoms with van der Waals surface area (Å²) in [6.45, 7) is 3.70. The molecule has 6 nitrogen and oxygen atoms in total. The van der Waals surface area contributed by atoms with Crippen molar-refractivity contribution >= 4 is 21.6 Å². The van der Waals surface area contributed by atoms with Gasteiger partial charge in [0.15, 0.2) is 0 Å². The lowest BCUT2D eigenvalue weighted by molar-refractivity contribution is 0.0940. The van der Waals surface area contributed by atoms with Crippen molar-refractivity contribution < 1.29 is 17.9 Å². The van der Waals surface area contributed by atoms with Crippen LogP contribution in [0.1, 0.15) is 34.5 Å². The molecule has 0 radical (unpaired) electrons. The van der Waals surface area contributed by atoms with Crippen LogP contribution in [0.25, 0.3) is 0 Å². The number of amides is 1. The lowest BCUT2D eigenvalue weighted by Gasteiger charge is -2.22. The molecule has 0 saturated carbocycles. The molecule has 162 valence electrons. The zero-order chi connectivity index (χ0) is 22.6. The number of aryl methyl sites for hydroxylation is 1. The zero-order valence-corrected chi connectivity index (χ0v) is 18.8. The average molecular weight is 439 g/mol. The monoisotopic (exact) mass is 438 g/mol. The van der Waals surface area contributed by atoms with Crippen LogP contribution in [0, 0.1) is 6.92 Å². The molecule has 0 bridgehead atoms. The summed E-state index contributed by atoms with van der Waals surface area (Å²) in [5.74, 6) is 0.365. The van der Waals surface area contributed by atoms with E-state index in [0.29, 0.717) is 22.6 Å². The molecule has 7 heteroatoms. The molecule has 3 aromatic carbocycles. The SMILES string of the molecule is COc1ccc(S(=O)(=O)N(C)c2ccc(C(=O)NC(C)c3ccccc3)cc2C)cc1. The molecule has 1 unspecified atom stereocenters. The van der Waals surface area contributed by atoms with Gasteiger partial charge < -0.3 is 10.1 Å². The van der Waals surface area contributed by atoms with Gasteiger partial charge in [-0.3, -0.25) is 9.10 Å². The van der Waals surface area contributed by atoms with E-state index in [1.54, 1.807) is 37.3 Å². The number of sulfonamides is 1. The maximum atomic E-state index is 13.0. The third kappa shape index (κ3) is 4.88. The third-order valence-corrected chi connectivity index (χ3v) is 6.95. The minimum atomic E-state index is -3.75. The number of nitrogens with zero attached hydrogens (tertiary/aromatic N) is 1.